The second-order valence-electron chi connectivity index (χ2n) is 7.02. The molecule has 146 valence electrons. The lowest BCUT2D eigenvalue weighted by Gasteiger charge is -2.34. The van der Waals surface area contributed by atoms with Gasteiger partial charge in [0.25, 0.3) is 5.91 Å². The van der Waals surface area contributed by atoms with E-state index in [1.807, 2.05) is 20.8 Å². The van der Waals surface area contributed by atoms with E-state index in [4.69, 9.17) is 9.84 Å². The molecular formula is C19H29FN2O4. The van der Waals surface area contributed by atoms with E-state index in [0.29, 0.717) is 37.1 Å². The van der Waals surface area contributed by atoms with Gasteiger partial charge in [0, 0.05) is 38.4 Å². The number of nitrogens with one attached hydrogen (secondary N) is 1. The number of halogens is 1. The maximum absolute atomic E-state index is 14.3. The molecule has 1 fully saturated rings. The van der Waals surface area contributed by atoms with Crippen LogP contribution in [0.5, 0.6) is 0 Å². The fraction of sp³-hybridized carbons (Fsp3) is 0.579. The summed E-state index contributed by atoms with van der Waals surface area (Å²) < 4.78 is 19.7. The summed E-state index contributed by atoms with van der Waals surface area (Å²) in [5.41, 5.74) is 0.278. The van der Waals surface area contributed by atoms with Crippen molar-refractivity contribution in [2.24, 2.45) is 0 Å². The molecule has 1 aromatic carbocycles. The van der Waals surface area contributed by atoms with Gasteiger partial charge in [0.15, 0.2) is 0 Å². The Balaban J connectivity index is 0.00000163. The number of piperidine rings is 1. The van der Waals surface area contributed by atoms with E-state index in [-0.39, 0.29) is 23.7 Å². The van der Waals surface area contributed by atoms with Crippen LogP contribution >= 0.6 is 0 Å². The Kier molecular flexibility index (Phi) is 8.02. The van der Waals surface area contributed by atoms with Crippen LogP contribution in [0.25, 0.3) is 0 Å². The number of carbonyl (C=O) groups is 2. The van der Waals surface area contributed by atoms with Gasteiger partial charge in [0.1, 0.15) is 11.4 Å². The Labute approximate surface area is 154 Å². The van der Waals surface area contributed by atoms with Gasteiger partial charge in [0.05, 0.1) is 0 Å². The molecule has 2 rings (SSSR count). The summed E-state index contributed by atoms with van der Waals surface area (Å²) in [6, 6.07) is 4.55. The second kappa shape index (κ2) is 9.52. The number of likely N-dealkylation sites (tertiary alicyclic amines) is 1. The van der Waals surface area contributed by atoms with Crippen molar-refractivity contribution in [2.75, 3.05) is 27.2 Å². The Bertz CT molecular complexity index is 620. The Morgan fingerprint density at radius 1 is 1.23 bits per heavy atom. The highest BCUT2D eigenvalue weighted by Crippen LogP contribution is 2.32. The molecular weight excluding hydrogens is 339 g/mol. The third-order valence-corrected chi connectivity index (χ3v) is 4.08. The SMILES string of the molecule is CNC(=O)c1cccc(F)c1C1CCN(C(=O)OC(C)(C)C)CC1.CO. The van der Waals surface area contributed by atoms with E-state index < -0.39 is 5.60 Å². The first-order valence-corrected chi connectivity index (χ1v) is 8.66. The van der Waals surface area contributed by atoms with Crippen molar-refractivity contribution >= 4 is 12.0 Å². The molecule has 1 aromatic rings. The Hall–Kier alpha value is -2.15. The minimum absolute atomic E-state index is 0.0859. The molecule has 6 nitrogen and oxygen atoms in total. The van der Waals surface area contributed by atoms with Gasteiger partial charge in [-0.1, -0.05) is 6.07 Å². The molecule has 2 amide bonds. The average Bonchev–Trinajstić information content (AvgIpc) is 2.61. The fourth-order valence-corrected chi connectivity index (χ4v) is 2.96. The summed E-state index contributed by atoms with van der Waals surface area (Å²) in [7, 11) is 2.53. The number of hydrogen-bond donors (Lipinski definition) is 2. The minimum Gasteiger partial charge on any atom is -0.444 e. The first-order chi connectivity index (χ1) is 12.2. The number of aliphatic hydroxyl groups excluding tert-OH is 1. The highest BCUT2D eigenvalue weighted by molar-refractivity contribution is 5.95. The van der Waals surface area contributed by atoms with Gasteiger partial charge in [-0.15, -0.1) is 0 Å². The second-order valence-corrected chi connectivity index (χ2v) is 7.02. The molecule has 0 bridgehead atoms. The molecule has 0 aliphatic carbocycles. The van der Waals surface area contributed by atoms with E-state index in [0.717, 1.165) is 7.11 Å². The van der Waals surface area contributed by atoms with Crippen molar-refractivity contribution in [1.29, 1.82) is 0 Å². The normalized spacial score (nSPS) is 15.0. The summed E-state index contributed by atoms with van der Waals surface area (Å²) in [6.45, 7) is 6.45. The van der Waals surface area contributed by atoms with Crippen LogP contribution in [-0.4, -0.2) is 54.9 Å². The average molecular weight is 368 g/mol. The number of aliphatic hydroxyl groups is 1. The maximum Gasteiger partial charge on any atom is 0.410 e. The van der Waals surface area contributed by atoms with Gasteiger partial charge >= 0.3 is 6.09 Å². The topological polar surface area (TPSA) is 78.9 Å². The van der Waals surface area contributed by atoms with Crippen LogP contribution in [0.15, 0.2) is 18.2 Å². The maximum atomic E-state index is 14.3. The predicted molar refractivity (Wildman–Crippen MR) is 97.7 cm³/mol. The molecule has 0 spiro atoms. The number of carbonyl (C=O) groups excluding carboxylic acids is 2. The summed E-state index contributed by atoms with van der Waals surface area (Å²) in [5, 5.41) is 9.55. The van der Waals surface area contributed by atoms with Crippen molar-refractivity contribution in [3.63, 3.8) is 0 Å². The monoisotopic (exact) mass is 368 g/mol. The van der Waals surface area contributed by atoms with E-state index in [2.05, 4.69) is 5.32 Å². The molecule has 1 saturated heterocycles. The van der Waals surface area contributed by atoms with Crippen LogP contribution in [0, 0.1) is 5.82 Å². The molecule has 26 heavy (non-hydrogen) atoms. The fourth-order valence-electron chi connectivity index (χ4n) is 2.96. The zero-order valence-corrected chi connectivity index (χ0v) is 16.1. The van der Waals surface area contributed by atoms with Crippen molar-refractivity contribution in [2.45, 2.75) is 45.1 Å². The molecule has 1 aliphatic rings. The van der Waals surface area contributed by atoms with Gasteiger partial charge in [-0.3, -0.25) is 4.79 Å². The number of hydrogen-bond acceptors (Lipinski definition) is 4. The van der Waals surface area contributed by atoms with Crippen molar-refractivity contribution in [3.05, 3.63) is 35.1 Å². The van der Waals surface area contributed by atoms with E-state index in [1.165, 1.54) is 13.1 Å². The first-order valence-electron chi connectivity index (χ1n) is 8.66. The van der Waals surface area contributed by atoms with Crippen LogP contribution in [0.3, 0.4) is 0 Å². The van der Waals surface area contributed by atoms with Gasteiger partial charge < -0.3 is 20.1 Å². The number of benzene rings is 1. The molecule has 0 atom stereocenters. The van der Waals surface area contributed by atoms with Crippen LogP contribution in [0.2, 0.25) is 0 Å². The summed E-state index contributed by atoms with van der Waals surface area (Å²) >= 11 is 0. The number of rotatable bonds is 2. The lowest BCUT2D eigenvalue weighted by atomic mass is 9.86. The highest BCUT2D eigenvalue weighted by Gasteiger charge is 2.30. The van der Waals surface area contributed by atoms with Crippen LogP contribution in [0.1, 0.15) is 55.5 Å². The van der Waals surface area contributed by atoms with Crippen molar-refractivity contribution < 1.29 is 23.8 Å². The van der Waals surface area contributed by atoms with Crippen molar-refractivity contribution in [1.82, 2.24) is 10.2 Å². The largest absolute Gasteiger partial charge is 0.444 e. The number of amides is 2. The number of nitrogens with zero attached hydrogens (tertiary/aromatic N) is 1. The molecule has 2 N–H and O–H groups in total. The quantitative estimate of drug-likeness (QED) is 0.841. The predicted octanol–water partition coefficient (Wildman–Crippen LogP) is 2.91. The molecule has 0 aromatic heterocycles. The summed E-state index contributed by atoms with van der Waals surface area (Å²) in [6.07, 6.45) is 0.856. The Morgan fingerprint density at radius 3 is 2.31 bits per heavy atom. The van der Waals surface area contributed by atoms with E-state index in [9.17, 15) is 14.0 Å². The highest BCUT2D eigenvalue weighted by atomic mass is 19.1. The van der Waals surface area contributed by atoms with Crippen LogP contribution in [0.4, 0.5) is 9.18 Å². The molecule has 0 radical (unpaired) electrons. The molecule has 0 saturated carbocycles. The third-order valence-electron chi connectivity index (χ3n) is 4.08. The zero-order valence-electron chi connectivity index (χ0n) is 16.1. The smallest absolute Gasteiger partial charge is 0.410 e. The van der Waals surface area contributed by atoms with Gasteiger partial charge in [-0.2, -0.15) is 0 Å². The standard InChI is InChI=1S/C18H25FN2O3.CH4O/c1-18(2,3)24-17(23)21-10-8-12(9-11-21)15-13(16(22)20-4)6-5-7-14(15)19;1-2/h5-7,12H,8-11H2,1-4H3,(H,20,22);2H,1H3. The molecule has 0 unspecified atom stereocenters. The lowest BCUT2D eigenvalue weighted by molar-refractivity contribution is 0.0204. The third kappa shape index (κ3) is 5.69. The molecule has 7 heteroatoms. The number of ether oxygens (including phenoxy) is 1. The van der Waals surface area contributed by atoms with Crippen molar-refractivity contribution in [3.8, 4) is 0 Å². The lowest BCUT2D eigenvalue weighted by Crippen LogP contribution is -2.41. The first kappa shape index (κ1) is 21.9. The van der Waals surface area contributed by atoms with Gasteiger partial charge in [0.2, 0.25) is 0 Å². The molecule has 1 heterocycles. The van der Waals surface area contributed by atoms with Gasteiger partial charge in [-0.25, -0.2) is 9.18 Å². The van der Waals surface area contributed by atoms with E-state index in [1.54, 1.807) is 17.0 Å². The van der Waals surface area contributed by atoms with Crippen LogP contribution in [-0.2, 0) is 4.74 Å². The summed E-state index contributed by atoms with van der Waals surface area (Å²) in [4.78, 5) is 25.7. The van der Waals surface area contributed by atoms with E-state index >= 15 is 0 Å². The zero-order chi connectivity index (χ0) is 19.9. The summed E-state index contributed by atoms with van der Waals surface area (Å²) in [5.74, 6) is -0.747. The van der Waals surface area contributed by atoms with Crippen LogP contribution < -0.4 is 5.32 Å². The minimum atomic E-state index is -0.536. The van der Waals surface area contributed by atoms with Gasteiger partial charge in [-0.05, 0) is 51.7 Å². The Morgan fingerprint density at radius 2 is 1.81 bits per heavy atom. The molecule has 1 aliphatic heterocycles.